The van der Waals surface area contributed by atoms with Gasteiger partial charge in [-0.2, -0.15) is 13.2 Å². The number of benzene rings is 2. The molecule has 1 aliphatic heterocycles. The molecule has 4 nitrogen and oxygen atoms in total. The molecule has 0 unspecified atom stereocenters. The molecule has 0 aliphatic carbocycles. The van der Waals surface area contributed by atoms with Crippen LogP contribution < -0.4 is 10.8 Å². The maximum atomic E-state index is 12.3. The van der Waals surface area contributed by atoms with Crippen molar-refractivity contribution in [1.82, 2.24) is 0 Å². The van der Waals surface area contributed by atoms with Gasteiger partial charge in [0, 0.05) is 22.8 Å². The summed E-state index contributed by atoms with van der Waals surface area (Å²) in [6.45, 7) is 0.433. The highest BCUT2D eigenvalue weighted by atomic mass is 32.2. The van der Waals surface area contributed by atoms with Gasteiger partial charge in [-0.05, 0) is 65.6 Å². The fourth-order valence-corrected chi connectivity index (χ4v) is 3.05. The lowest BCUT2D eigenvalue weighted by molar-refractivity contribution is -0.0328. The summed E-state index contributed by atoms with van der Waals surface area (Å²) < 4.78 is 42.1. The monoisotopic (exact) mass is 367 g/mol. The van der Waals surface area contributed by atoms with Crippen LogP contribution in [0.25, 0.3) is 0 Å². The molecule has 3 rings (SSSR count). The quantitative estimate of drug-likeness (QED) is 0.647. The van der Waals surface area contributed by atoms with Crippen molar-refractivity contribution in [3.05, 3.63) is 53.6 Å². The predicted octanol–water partition coefficient (Wildman–Crippen LogP) is 2.81. The highest BCUT2D eigenvalue weighted by Crippen LogP contribution is 2.36. The highest BCUT2D eigenvalue weighted by molar-refractivity contribution is 8.00. The molecule has 0 atom stereocenters. The number of hydrogen-bond donors (Lipinski definition) is 2. The molecular weight excluding hydrogens is 354 g/mol. The number of rotatable bonds is 3. The van der Waals surface area contributed by atoms with Crippen LogP contribution in [0.2, 0.25) is 0 Å². The Morgan fingerprint density at radius 3 is 2.60 bits per heavy atom. The molecule has 1 heterocycles. The zero-order chi connectivity index (χ0) is 18.0. The minimum absolute atomic E-state index is 0.0121. The van der Waals surface area contributed by atoms with E-state index in [0.717, 1.165) is 5.56 Å². The number of carbonyl (C=O) groups is 1. The Morgan fingerprint density at radius 2 is 1.92 bits per heavy atom. The van der Waals surface area contributed by atoms with Crippen molar-refractivity contribution in [2.75, 3.05) is 11.9 Å². The fourth-order valence-electron chi connectivity index (χ4n) is 2.51. The highest BCUT2D eigenvalue weighted by Gasteiger charge is 2.29. The third-order valence-corrected chi connectivity index (χ3v) is 4.41. The van der Waals surface area contributed by atoms with Gasteiger partial charge in [0.15, 0.2) is 0 Å². The third kappa shape index (κ3) is 4.56. The summed E-state index contributed by atoms with van der Waals surface area (Å²) in [5.74, 6) is -0.449. The summed E-state index contributed by atoms with van der Waals surface area (Å²) >= 11 is -0.233. The van der Waals surface area contributed by atoms with Crippen molar-refractivity contribution >= 4 is 35.9 Å². The number of nitrogens with one attached hydrogen (secondary N) is 1. The van der Waals surface area contributed by atoms with Crippen LogP contribution in [0.5, 0.6) is 0 Å². The van der Waals surface area contributed by atoms with E-state index in [9.17, 15) is 23.0 Å². The number of hydrogen-bond acceptors (Lipinski definition) is 4. The minimum atomic E-state index is -4.37. The molecule has 0 radical (unpaired) electrons. The van der Waals surface area contributed by atoms with Crippen LogP contribution in [0, 0.1) is 0 Å². The second kappa shape index (κ2) is 7.11. The molecule has 0 saturated heterocycles. The molecule has 0 spiro atoms. The van der Waals surface area contributed by atoms with Gasteiger partial charge in [-0.3, -0.25) is 4.79 Å². The van der Waals surface area contributed by atoms with E-state index >= 15 is 0 Å². The van der Waals surface area contributed by atoms with Gasteiger partial charge in [0.25, 0.3) is 5.91 Å². The number of thioether (sulfide) groups is 1. The molecule has 25 heavy (non-hydrogen) atoms. The fraction of sp³-hybridized carbons (Fsp3) is 0.188. The Kier molecular flexibility index (Phi) is 5.07. The van der Waals surface area contributed by atoms with Gasteiger partial charge in [-0.25, -0.2) is 0 Å². The van der Waals surface area contributed by atoms with E-state index in [-0.39, 0.29) is 22.2 Å². The first-order valence-corrected chi connectivity index (χ1v) is 8.23. The summed E-state index contributed by atoms with van der Waals surface area (Å²) in [5.41, 5.74) is -2.11. The summed E-state index contributed by atoms with van der Waals surface area (Å²) in [6, 6.07) is 10.3. The van der Waals surface area contributed by atoms with Crippen LogP contribution >= 0.6 is 11.8 Å². The number of amides is 1. The third-order valence-electron chi connectivity index (χ3n) is 3.67. The van der Waals surface area contributed by atoms with Gasteiger partial charge in [0.1, 0.15) is 0 Å². The molecule has 130 valence electrons. The maximum Gasteiger partial charge on any atom is 0.491 e. The van der Waals surface area contributed by atoms with Crippen molar-refractivity contribution in [2.45, 2.75) is 16.8 Å². The number of anilines is 1. The molecule has 2 N–H and O–H groups in total. The first kappa shape index (κ1) is 17.8. The van der Waals surface area contributed by atoms with E-state index in [4.69, 9.17) is 4.65 Å². The molecule has 2 aromatic rings. The van der Waals surface area contributed by atoms with Gasteiger partial charge >= 0.3 is 12.6 Å². The van der Waals surface area contributed by atoms with Crippen LogP contribution in [0.3, 0.4) is 0 Å². The van der Waals surface area contributed by atoms with Crippen molar-refractivity contribution in [3.8, 4) is 0 Å². The average Bonchev–Trinajstić information content (AvgIpc) is 2.55. The predicted molar refractivity (Wildman–Crippen MR) is 90.0 cm³/mol. The Labute approximate surface area is 146 Å². The Balaban J connectivity index is 1.71. The van der Waals surface area contributed by atoms with Crippen LogP contribution in [0.15, 0.2) is 47.4 Å². The van der Waals surface area contributed by atoms with E-state index < -0.39 is 18.5 Å². The SMILES string of the molecule is O=C(Nc1ccc2c(c1)B(O)OCC2)c1ccc(SC(F)(F)F)cc1. The van der Waals surface area contributed by atoms with Crippen LogP contribution in [0.1, 0.15) is 15.9 Å². The first-order chi connectivity index (χ1) is 11.8. The van der Waals surface area contributed by atoms with Crippen molar-refractivity contribution in [1.29, 1.82) is 0 Å². The maximum absolute atomic E-state index is 12.3. The van der Waals surface area contributed by atoms with Crippen LogP contribution in [-0.2, 0) is 11.1 Å². The van der Waals surface area contributed by atoms with E-state index in [0.29, 0.717) is 24.2 Å². The van der Waals surface area contributed by atoms with Crippen LogP contribution in [0.4, 0.5) is 18.9 Å². The Hall–Kier alpha value is -1.97. The lowest BCUT2D eigenvalue weighted by Gasteiger charge is -2.19. The molecular formula is C16H13BF3NO3S. The summed E-state index contributed by atoms with van der Waals surface area (Å²) in [7, 11) is -1.03. The van der Waals surface area contributed by atoms with E-state index in [2.05, 4.69) is 5.32 Å². The standard InChI is InChI=1S/C16H13BF3NO3S/c18-16(19,20)25-13-5-2-11(3-6-13)15(22)21-12-4-1-10-7-8-24-17(23)14(10)9-12/h1-6,9,23H,7-8H2,(H,21,22). The molecule has 0 bridgehead atoms. The number of alkyl halides is 3. The zero-order valence-electron chi connectivity index (χ0n) is 12.8. The smallest absolute Gasteiger partial charge is 0.423 e. The number of carbonyl (C=O) groups excluding carboxylic acids is 1. The minimum Gasteiger partial charge on any atom is -0.423 e. The molecule has 0 aromatic heterocycles. The van der Waals surface area contributed by atoms with Crippen LogP contribution in [-0.4, -0.2) is 30.2 Å². The van der Waals surface area contributed by atoms with Crippen molar-refractivity contribution in [3.63, 3.8) is 0 Å². The lowest BCUT2D eigenvalue weighted by atomic mass is 9.73. The summed E-state index contributed by atoms with van der Waals surface area (Å²) in [6.07, 6.45) is 0.680. The molecule has 1 amide bonds. The van der Waals surface area contributed by atoms with Gasteiger partial charge in [0.05, 0.1) is 0 Å². The Morgan fingerprint density at radius 1 is 1.20 bits per heavy atom. The van der Waals surface area contributed by atoms with E-state index in [1.54, 1.807) is 18.2 Å². The average molecular weight is 367 g/mol. The van der Waals surface area contributed by atoms with Gasteiger partial charge < -0.3 is 15.0 Å². The second-order valence-corrected chi connectivity index (χ2v) is 6.55. The van der Waals surface area contributed by atoms with E-state index in [1.165, 1.54) is 24.3 Å². The Bertz CT molecular complexity index is 783. The lowest BCUT2D eigenvalue weighted by Crippen LogP contribution is -2.41. The van der Waals surface area contributed by atoms with Gasteiger partial charge in [-0.1, -0.05) is 6.07 Å². The topological polar surface area (TPSA) is 58.6 Å². The number of halogens is 3. The second-order valence-electron chi connectivity index (χ2n) is 5.41. The first-order valence-electron chi connectivity index (χ1n) is 7.41. The van der Waals surface area contributed by atoms with E-state index in [1.807, 2.05) is 0 Å². The van der Waals surface area contributed by atoms with Gasteiger partial charge in [0.2, 0.25) is 0 Å². The van der Waals surface area contributed by atoms with Crippen molar-refractivity contribution in [2.24, 2.45) is 0 Å². The normalized spacial score (nSPS) is 14.2. The summed E-state index contributed by atoms with van der Waals surface area (Å²) in [4.78, 5) is 12.2. The molecule has 2 aromatic carbocycles. The summed E-state index contributed by atoms with van der Waals surface area (Å²) in [5, 5.41) is 12.5. The number of fused-ring (bicyclic) bond motifs is 1. The molecule has 9 heteroatoms. The zero-order valence-corrected chi connectivity index (χ0v) is 13.7. The molecule has 1 aliphatic rings. The van der Waals surface area contributed by atoms with Crippen molar-refractivity contribution < 1.29 is 27.6 Å². The molecule has 0 saturated carbocycles. The molecule has 0 fully saturated rings. The van der Waals surface area contributed by atoms with Gasteiger partial charge in [-0.15, -0.1) is 0 Å². The largest absolute Gasteiger partial charge is 0.491 e.